The summed E-state index contributed by atoms with van der Waals surface area (Å²) >= 11 is 0. The highest BCUT2D eigenvalue weighted by Crippen LogP contribution is 2.20. The lowest BCUT2D eigenvalue weighted by Gasteiger charge is -2.41. The molecule has 2 heterocycles. The van der Waals surface area contributed by atoms with Crippen molar-refractivity contribution in [3.05, 3.63) is 29.8 Å². The van der Waals surface area contributed by atoms with Crippen LogP contribution in [0, 0.1) is 5.92 Å². The number of anilines is 1. The highest BCUT2D eigenvalue weighted by atomic mass is 16.4. The third kappa shape index (κ3) is 7.43. The molecule has 182 valence electrons. The van der Waals surface area contributed by atoms with Crippen LogP contribution in [0.2, 0.25) is 0 Å². The molecule has 0 unspecified atom stereocenters. The number of nitrogens with one attached hydrogen (secondary N) is 3. The van der Waals surface area contributed by atoms with Crippen molar-refractivity contribution in [2.24, 2.45) is 5.92 Å². The molecule has 2 aliphatic heterocycles. The number of rotatable bonds is 9. The number of carboxylic acid groups (broad SMARTS) is 1. The summed E-state index contributed by atoms with van der Waals surface area (Å²) in [5.74, 6) is -1.75. The zero-order chi connectivity index (χ0) is 23.8. The smallest absolute Gasteiger partial charge is 0.328 e. The molecular formula is C24H37N5O4. The molecule has 0 aromatic heterocycles. The number of carboxylic acids is 1. The van der Waals surface area contributed by atoms with Crippen LogP contribution < -0.4 is 20.9 Å². The summed E-state index contributed by atoms with van der Waals surface area (Å²) in [7, 11) is 0. The molecule has 2 fully saturated rings. The molecule has 0 saturated carbocycles. The first-order valence-corrected chi connectivity index (χ1v) is 11.9. The number of piperidine rings is 1. The van der Waals surface area contributed by atoms with Gasteiger partial charge in [0.05, 0.1) is 0 Å². The van der Waals surface area contributed by atoms with Gasteiger partial charge in [0, 0.05) is 56.4 Å². The van der Waals surface area contributed by atoms with Gasteiger partial charge in [-0.05, 0) is 56.1 Å². The van der Waals surface area contributed by atoms with Gasteiger partial charge in [-0.2, -0.15) is 0 Å². The van der Waals surface area contributed by atoms with E-state index in [0.717, 1.165) is 45.0 Å². The lowest BCUT2D eigenvalue weighted by atomic mass is 10.0. The van der Waals surface area contributed by atoms with Crippen LogP contribution in [0.1, 0.15) is 43.5 Å². The summed E-state index contributed by atoms with van der Waals surface area (Å²) < 4.78 is 0. The third-order valence-electron chi connectivity index (χ3n) is 6.33. The Balaban J connectivity index is 1.47. The van der Waals surface area contributed by atoms with Gasteiger partial charge in [-0.15, -0.1) is 0 Å². The fourth-order valence-corrected chi connectivity index (χ4v) is 4.46. The molecule has 9 heteroatoms. The number of piperazine rings is 1. The Kier molecular flexibility index (Phi) is 9.08. The Bertz CT molecular complexity index is 800. The highest BCUT2D eigenvalue weighted by molar-refractivity contribution is 5.95. The van der Waals surface area contributed by atoms with Gasteiger partial charge >= 0.3 is 5.97 Å². The van der Waals surface area contributed by atoms with Gasteiger partial charge in [0.15, 0.2) is 0 Å². The molecule has 2 amide bonds. The van der Waals surface area contributed by atoms with Gasteiger partial charge in [-0.25, -0.2) is 4.79 Å². The van der Waals surface area contributed by atoms with Crippen LogP contribution in [-0.4, -0.2) is 85.7 Å². The maximum atomic E-state index is 12.5. The number of amides is 2. The minimum Gasteiger partial charge on any atom is -0.480 e. The standard InChI is InChI=1S/C24H37N5O4/c1-17(2)15-22(30)27-21(24(32)33)16-26-23(31)18-3-5-19(6-4-18)28-11-13-29(14-12-28)20-7-9-25-10-8-20/h3-6,17,20-21,25H,7-16H2,1-2H3,(H,26,31)(H,27,30)(H,32,33)/t21-/m0/s1. The van der Waals surface area contributed by atoms with Crippen molar-refractivity contribution in [2.75, 3.05) is 50.7 Å². The molecule has 3 rings (SSSR count). The Morgan fingerprint density at radius 1 is 1.06 bits per heavy atom. The third-order valence-corrected chi connectivity index (χ3v) is 6.33. The van der Waals surface area contributed by atoms with E-state index < -0.39 is 12.0 Å². The number of hydrogen-bond donors (Lipinski definition) is 4. The molecule has 0 spiro atoms. The Hall–Kier alpha value is -2.65. The number of carbonyl (C=O) groups is 3. The summed E-state index contributed by atoms with van der Waals surface area (Å²) in [5, 5.41) is 17.9. The van der Waals surface area contributed by atoms with E-state index in [-0.39, 0.29) is 30.7 Å². The molecule has 33 heavy (non-hydrogen) atoms. The molecule has 1 atom stereocenters. The van der Waals surface area contributed by atoms with Crippen molar-refractivity contribution >= 4 is 23.5 Å². The van der Waals surface area contributed by atoms with Gasteiger partial charge in [0.2, 0.25) is 5.91 Å². The fourth-order valence-electron chi connectivity index (χ4n) is 4.46. The predicted molar refractivity (Wildman–Crippen MR) is 127 cm³/mol. The summed E-state index contributed by atoms with van der Waals surface area (Å²) in [4.78, 5) is 40.8. The van der Waals surface area contributed by atoms with Gasteiger partial charge in [-0.3, -0.25) is 14.5 Å². The van der Waals surface area contributed by atoms with Crippen LogP contribution in [-0.2, 0) is 9.59 Å². The second-order valence-corrected chi connectivity index (χ2v) is 9.32. The van der Waals surface area contributed by atoms with E-state index in [2.05, 4.69) is 25.8 Å². The minimum absolute atomic E-state index is 0.125. The number of nitrogens with zero attached hydrogens (tertiary/aromatic N) is 2. The average molecular weight is 460 g/mol. The number of hydrogen-bond acceptors (Lipinski definition) is 6. The fraction of sp³-hybridized carbons (Fsp3) is 0.625. The van der Waals surface area contributed by atoms with E-state index in [1.165, 1.54) is 12.8 Å². The second-order valence-electron chi connectivity index (χ2n) is 9.32. The minimum atomic E-state index is -1.17. The van der Waals surface area contributed by atoms with Gasteiger partial charge in [0.1, 0.15) is 6.04 Å². The number of aliphatic carboxylic acids is 1. The topological polar surface area (TPSA) is 114 Å². The molecule has 1 aromatic carbocycles. The van der Waals surface area contributed by atoms with Crippen LogP contribution >= 0.6 is 0 Å². The first-order valence-electron chi connectivity index (χ1n) is 11.9. The maximum Gasteiger partial charge on any atom is 0.328 e. The molecule has 0 bridgehead atoms. The van der Waals surface area contributed by atoms with Crippen LogP contribution in [0.15, 0.2) is 24.3 Å². The largest absolute Gasteiger partial charge is 0.480 e. The molecule has 2 aliphatic rings. The van der Waals surface area contributed by atoms with Crippen molar-refractivity contribution in [2.45, 2.75) is 45.2 Å². The van der Waals surface area contributed by atoms with Crippen molar-refractivity contribution in [3.8, 4) is 0 Å². The average Bonchev–Trinajstić information content (AvgIpc) is 2.81. The summed E-state index contributed by atoms with van der Waals surface area (Å²) in [5.41, 5.74) is 1.55. The first-order chi connectivity index (χ1) is 15.8. The van der Waals surface area contributed by atoms with Crippen molar-refractivity contribution in [1.29, 1.82) is 0 Å². The summed E-state index contributed by atoms with van der Waals surface area (Å²) in [6.45, 7) is 9.83. The first kappa shape index (κ1) is 25.0. The van der Waals surface area contributed by atoms with Crippen molar-refractivity contribution in [1.82, 2.24) is 20.9 Å². The molecular weight excluding hydrogens is 422 g/mol. The SMILES string of the molecule is CC(C)CC(=O)N[C@@H](CNC(=O)c1ccc(N2CCN(C3CCNCC3)CC2)cc1)C(=O)O. The van der Waals surface area contributed by atoms with E-state index in [0.29, 0.717) is 11.6 Å². The molecule has 2 saturated heterocycles. The zero-order valence-electron chi connectivity index (χ0n) is 19.7. The molecule has 0 aliphatic carbocycles. The Labute approximate surface area is 195 Å². The van der Waals surface area contributed by atoms with E-state index in [4.69, 9.17) is 0 Å². The quantitative estimate of drug-likeness (QED) is 0.434. The van der Waals surface area contributed by atoms with Crippen LogP contribution in [0.5, 0.6) is 0 Å². The summed E-state index contributed by atoms with van der Waals surface area (Å²) in [6.07, 6.45) is 2.67. The van der Waals surface area contributed by atoms with Crippen molar-refractivity contribution in [3.63, 3.8) is 0 Å². The lowest BCUT2D eigenvalue weighted by molar-refractivity contribution is -0.141. The van der Waals surface area contributed by atoms with Gasteiger partial charge in [0.25, 0.3) is 5.91 Å². The second kappa shape index (κ2) is 12.0. The molecule has 1 aromatic rings. The van der Waals surface area contributed by atoms with E-state index in [1.54, 1.807) is 12.1 Å². The molecule has 0 radical (unpaired) electrons. The molecule has 4 N–H and O–H groups in total. The van der Waals surface area contributed by atoms with Crippen LogP contribution in [0.3, 0.4) is 0 Å². The number of benzene rings is 1. The summed E-state index contributed by atoms with van der Waals surface area (Å²) in [6, 6.07) is 6.93. The number of carbonyl (C=O) groups excluding carboxylic acids is 2. The van der Waals surface area contributed by atoms with Gasteiger partial charge < -0.3 is 26.0 Å². The van der Waals surface area contributed by atoms with Crippen molar-refractivity contribution < 1.29 is 19.5 Å². The monoisotopic (exact) mass is 459 g/mol. The van der Waals surface area contributed by atoms with E-state index >= 15 is 0 Å². The van der Waals surface area contributed by atoms with E-state index in [1.807, 2.05) is 26.0 Å². The molecule has 9 nitrogen and oxygen atoms in total. The maximum absolute atomic E-state index is 12.5. The van der Waals surface area contributed by atoms with Crippen LogP contribution in [0.4, 0.5) is 5.69 Å². The van der Waals surface area contributed by atoms with E-state index in [9.17, 15) is 19.5 Å². The Morgan fingerprint density at radius 3 is 2.27 bits per heavy atom. The Morgan fingerprint density at radius 2 is 1.70 bits per heavy atom. The lowest BCUT2D eigenvalue weighted by Crippen LogP contribution is -2.52. The zero-order valence-corrected chi connectivity index (χ0v) is 19.7. The van der Waals surface area contributed by atoms with Gasteiger partial charge in [-0.1, -0.05) is 13.8 Å². The predicted octanol–water partition coefficient (Wildman–Crippen LogP) is 0.906. The normalized spacial score (nSPS) is 18.7. The highest BCUT2D eigenvalue weighted by Gasteiger charge is 2.25. The van der Waals surface area contributed by atoms with Crippen LogP contribution in [0.25, 0.3) is 0 Å².